The predicted molar refractivity (Wildman–Crippen MR) is 53.7 cm³/mol. The van der Waals surface area contributed by atoms with E-state index < -0.39 is 10.7 Å². The fourth-order valence-corrected chi connectivity index (χ4v) is 1.15. The molecule has 0 aliphatic heterocycles. The average Bonchev–Trinajstić information content (AvgIpc) is 2.46. The van der Waals surface area contributed by atoms with Crippen LogP contribution in [0.3, 0.4) is 0 Å². The first-order chi connectivity index (χ1) is 6.91. The van der Waals surface area contributed by atoms with Gasteiger partial charge in [0.2, 0.25) is 0 Å². The van der Waals surface area contributed by atoms with E-state index in [1.165, 1.54) is 10.9 Å². The second-order valence-electron chi connectivity index (χ2n) is 3.38. The number of nitro groups is 1. The molecular formula is C8H10ClN3O3. The van der Waals surface area contributed by atoms with Gasteiger partial charge in [0.15, 0.2) is 10.8 Å². The van der Waals surface area contributed by atoms with Gasteiger partial charge in [0.25, 0.3) is 0 Å². The van der Waals surface area contributed by atoms with Crippen LogP contribution in [0.5, 0.6) is 0 Å². The number of carbonyl (C=O) groups excluding carboxylic acids is 1. The van der Waals surface area contributed by atoms with Crippen LogP contribution in [0, 0.1) is 16.0 Å². The molecule has 0 saturated carbocycles. The Hall–Kier alpha value is -1.43. The van der Waals surface area contributed by atoms with E-state index in [0.717, 1.165) is 0 Å². The summed E-state index contributed by atoms with van der Waals surface area (Å²) in [7, 11) is 0. The normalized spacial score (nSPS) is 10.7. The molecule has 0 bridgehead atoms. The maximum Gasteiger partial charge on any atom is 0.408 e. The Balaban J connectivity index is 2.84. The lowest BCUT2D eigenvalue weighted by Gasteiger charge is -2.00. The highest BCUT2D eigenvalue weighted by molar-refractivity contribution is 6.32. The van der Waals surface area contributed by atoms with E-state index in [-0.39, 0.29) is 23.3 Å². The fourth-order valence-electron chi connectivity index (χ4n) is 0.934. The van der Waals surface area contributed by atoms with E-state index in [4.69, 9.17) is 11.6 Å². The molecule has 0 saturated heterocycles. The highest BCUT2D eigenvalue weighted by Gasteiger charge is 2.20. The van der Waals surface area contributed by atoms with Crippen molar-refractivity contribution in [2.24, 2.45) is 5.92 Å². The number of hydrogen-bond donors (Lipinski definition) is 0. The van der Waals surface area contributed by atoms with Gasteiger partial charge in [0.1, 0.15) is 6.54 Å². The first-order valence-corrected chi connectivity index (χ1v) is 4.69. The molecule has 0 aromatic carbocycles. The largest absolute Gasteiger partial charge is 0.408 e. The minimum absolute atomic E-state index is 0.00519. The lowest BCUT2D eigenvalue weighted by Crippen LogP contribution is -2.15. The molecule has 1 rings (SSSR count). The molecule has 6 nitrogen and oxygen atoms in total. The van der Waals surface area contributed by atoms with Crippen LogP contribution in [0.25, 0.3) is 0 Å². The smallest absolute Gasteiger partial charge is 0.358 e. The molecule has 0 unspecified atom stereocenters. The van der Waals surface area contributed by atoms with Gasteiger partial charge in [0, 0.05) is 5.92 Å². The fraction of sp³-hybridized carbons (Fsp3) is 0.500. The highest BCUT2D eigenvalue weighted by Crippen LogP contribution is 2.21. The number of aromatic nitrogens is 2. The Morgan fingerprint density at radius 3 is 2.73 bits per heavy atom. The van der Waals surface area contributed by atoms with E-state index >= 15 is 0 Å². The highest BCUT2D eigenvalue weighted by atomic mass is 35.5. The third kappa shape index (κ3) is 2.76. The minimum atomic E-state index is -0.682. The summed E-state index contributed by atoms with van der Waals surface area (Å²) in [5.74, 6) is -0.607. The first-order valence-electron chi connectivity index (χ1n) is 4.32. The minimum Gasteiger partial charge on any atom is -0.358 e. The van der Waals surface area contributed by atoms with Crippen LogP contribution in [0.4, 0.5) is 5.82 Å². The quantitative estimate of drug-likeness (QED) is 0.583. The molecule has 7 heteroatoms. The Morgan fingerprint density at radius 2 is 2.33 bits per heavy atom. The van der Waals surface area contributed by atoms with E-state index in [2.05, 4.69) is 5.10 Å². The molecule has 0 aliphatic rings. The number of halogens is 1. The maximum absolute atomic E-state index is 11.3. The Labute approximate surface area is 91.0 Å². The van der Waals surface area contributed by atoms with Crippen molar-refractivity contribution < 1.29 is 9.72 Å². The SMILES string of the molecule is CC(C)C(=O)Cn1cc(Cl)c([N+](=O)[O-])n1. The number of ketones is 1. The van der Waals surface area contributed by atoms with Crippen LogP contribution >= 0.6 is 11.6 Å². The lowest BCUT2D eigenvalue weighted by atomic mass is 10.1. The summed E-state index contributed by atoms with van der Waals surface area (Å²) in [5.41, 5.74) is 0. The van der Waals surface area contributed by atoms with Crippen LogP contribution in [0.1, 0.15) is 13.8 Å². The van der Waals surface area contributed by atoms with Gasteiger partial charge in [-0.05, 0) is 4.92 Å². The number of hydrogen-bond acceptors (Lipinski definition) is 4. The standard InChI is InChI=1S/C8H10ClN3O3/c1-5(2)7(13)4-11-3-6(9)8(10-11)12(14)15/h3,5H,4H2,1-2H3. The van der Waals surface area contributed by atoms with Crippen molar-refractivity contribution >= 4 is 23.2 Å². The second-order valence-corrected chi connectivity index (χ2v) is 3.78. The van der Waals surface area contributed by atoms with Crippen LogP contribution in [-0.4, -0.2) is 20.5 Å². The number of carbonyl (C=O) groups is 1. The molecule has 1 aromatic heterocycles. The monoisotopic (exact) mass is 231 g/mol. The van der Waals surface area contributed by atoms with Crippen molar-refractivity contribution in [1.82, 2.24) is 9.78 Å². The molecule has 1 aromatic rings. The summed E-state index contributed by atoms with van der Waals surface area (Å²) in [6, 6.07) is 0. The zero-order chi connectivity index (χ0) is 11.6. The van der Waals surface area contributed by atoms with Gasteiger partial charge in [-0.3, -0.25) is 4.79 Å². The van der Waals surface area contributed by atoms with Crippen molar-refractivity contribution in [2.45, 2.75) is 20.4 Å². The van der Waals surface area contributed by atoms with Crippen LogP contribution < -0.4 is 0 Å². The Kier molecular flexibility index (Phi) is 3.41. The molecule has 0 aliphatic carbocycles. The van der Waals surface area contributed by atoms with Gasteiger partial charge in [-0.25, -0.2) is 0 Å². The zero-order valence-electron chi connectivity index (χ0n) is 8.31. The van der Waals surface area contributed by atoms with Crippen molar-refractivity contribution in [2.75, 3.05) is 0 Å². The summed E-state index contributed by atoms with van der Waals surface area (Å²) in [4.78, 5) is 21.1. The molecule has 0 radical (unpaired) electrons. The zero-order valence-corrected chi connectivity index (χ0v) is 9.06. The molecule has 1 heterocycles. The Morgan fingerprint density at radius 1 is 1.73 bits per heavy atom. The molecule has 0 spiro atoms. The summed E-state index contributed by atoms with van der Waals surface area (Å²) in [5, 5.41) is 14.0. The van der Waals surface area contributed by atoms with Crippen molar-refractivity contribution in [3.05, 3.63) is 21.3 Å². The van der Waals surface area contributed by atoms with Crippen LogP contribution in [-0.2, 0) is 11.3 Å². The molecule has 0 N–H and O–H groups in total. The lowest BCUT2D eigenvalue weighted by molar-refractivity contribution is -0.389. The van der Waals surface area contributed by atoms with E-state index in [1.54, 1.807) is 13.8 Å². The molecule has 0 fully saturated rings. The van der Waals surface area contributed by atoms with Gasteiger partial charge >= 0.3 is 5.82 Å². The van der Waals surface area contributed by atoms with Crippen molar-refractivity contribution in [3.63, 3.8) is 0 Å². The van der Waals surface area contributed by atoms with E-state index in [9.17, 15) is 14.9 Å². The van der Waals surface area contributed by atoms with Gasteiger partial charge < -0.3 is 10.1 Å². The number of Topliss-reactive ketones (excluding diaryl/α,β-unsaturated/α-hetero) is 1. The molecule has 15 heavy (non-hydrogen) atoms. The molecular weight excluding hydrogens is 222 g/mol. The summed E-state index contributed by atoms with van der Waals surface area (Å²) in [6.07, 6.45) is 1.28. The first kappa shape index (κ1) is 11.6. The maximum atomic E-state index is 11.3. The topological polar surface area (TPSA) is 78.0 Å². The molecule has 82 valence electrons. The molecule has 0 atom stereocenters. The van der Waals surface area contributed by atoms with Gasteiger partial charge in [0.05, 0.1) is 11.3 Å². The predicted octanol–water partition coefficient (Wildman–Crippen LogP) is 1.67. The third-order valence-corrected chi connectivity index (χ3v) is 2.10. The number of rotatable bonds is 4. The average molecular weight is 232 g/mol. The summed E-state index contributed by atoms with van der Waals surface area (Å²) in [6.45, 7) is 3.51. The Bertz CT molecular complexity index is 400. The van der Waals surface area contributed by atoms with E-state index in [0.29, 0.717) is 0 Å². The molecule has 0 amide bonds. The second kappa shape index (κ2) is 4.39. The number of nitrogens with zero attached hydrogens (tertiary/aromatic N) is 3. The van der Waals surface area contributed by atoms with Gasteiger partial charge in [-0.15, -0.1) is 0 Å². The van der Waals surface area contributed by atoms with Crippen molar-refractivity contribution in [3.8, 4) is 0 Å². The van der Waals surface area contributed by atoms with E-state index in [1.807, 2.05) is 0 Å². The van der Waals surface area contributed by atoms with Gasteiger partial charge in [-0.1, -0.05) is 25.4 Å². The van der Waals surface area contributed by atoms with Crippen molar-refractivity contribution in [1.29, 1.82) is 0 Å². The third-order valence-electron chi connectivity index (χ3n) is 1.83. The van der Waals surface area contributed by atoms with Crippen LogP contribution in [0.2, 0.25) is 5.02 Å². The van der Waals surface area contributed by atoms with Gasteiger partial charge in [-0.2, -0.15) is 4.68 Å². The summed E-state index contributed by atoms with van der Waals surface area (Å²) >= 11 is 5.57. The van der Waals surface area contributed by atoms with Crippen LogP contribution in [0.15, 0.2) is 6.20 Å². The summed E-state index contributed by atoms with van der Waals surface area (Å²) < 4.78 is 1.18.